The van der Waals surface area contributed by atoms with Crippen molar-refractivity contribution in [3.63, 3.8) is 0 Å². The van der Waals surface area contributed by atoms with Crippen LogP contribution in [0.3, 0.4) is 0 Å². The maximum atomic E-state index is 12.9. The molecular formula is C23H28Cl2N4O. The standard InChI is InChI=1S/C23H28Cl2N4O/c1-26-8-10-29(11-9-26)23(30)28(3)18-6-4-16(5-7-18)20-14-27(2)15-21-19(20)12-17(24)13-22(21)25/h4-7,12-13,20H,8-11,14-15H2,1-3H3. The highest BCUT2D eigenvalue weighted by atomic mass is 35.5. The van der Waals surface area contributed by atoms with Crippen molar-refractivity contribution in [2.75, 3.05) is 58.8 Å². The van der Waals surface area contributed by atoms with Crippen LogP contribution in [0.1, 0.15) is 22.6 Å². The average Bonchev–Trinajstić information content (AvgIpc) is 2.73. The van der Waals surface area contributed by atoms with E-state index in [1.165, 1.54) is 11.1 Å². The van der Waals surface area contributed by atoms with Gasteiger partial charge in [-0.15, -0.1) is 0 Å². The maximum absolute atomic E-state index is 12.9. The van der Waals surface area contributed by atoms with Gasteiger partial charge in [-0.25, -0.2) is 4.79 Å². The van der Waals surface area contributed by atoms with Gasteiger partial charge >= 0.3 is 6.03 Å². The molecule has 1 saturated heterocycles. The lowest BCUT2D eigenvalue weighted by Gasteiger charge is -2.35. The first-order valence-electron chi connectivity index (χ1n) is 10.3. The summed E-state index contributed by atoms with van der Waals surface area (Å²) in [6.45, 7) is 5.09. The summed E-state index contributed by atoms with van der Waals surface area (Å²) in [6, 6.07) is 12.2. The molecule has 2 heterocycles. The van der Waals surface area contributed by atoms with E-state index in [1.54, 1.807) is 4.90 Å². The maximum Gasteiger partial charge on any atom is 0.324 e. The van der Waals surface area contributed by atoms with Crippen LogP contribution in [0.15, 0.2) is 36.4 Å². The average molecular weight is 447 g/mol. The third-order valence-corrected chi connectivity index (χ3v) is 6.79. The van der Waals surface area contributed by atoms with Crippen LogP contribution in [-0.2, 0) is 6.54 Å². The Labute approximate surface area is 188 Å². The Morgan fingerprint density at radius 3 is 2.33 bits per heavy atom. The number of likely N-dealkylation sites (N-methyl/N-ethyl adjacent to an activating group) is 2. The van der Waals surface area contributed by atoms with Crippen LogP contribution < -0.4 is 4.90 Å². The Morgan fingerprint density at radius 2 is 1.67 bits per heavy atom. The van der Waals surface area contributed by atoms with Crippen LogP contribution in [0.4, 0.5) is 10.5 Å². The number of piperazine rings is 1. The van der Waals surface area contributed by atoms with E-state index >= 15 is 0 Å². The number of halogens is 2. The number of carbonyl (C=O) groups is 1. The second-order valence-electron chi connectivity index (χ2n) is 8.43. The van der Waals surface area contributed by atoms with Gasteiger partial charge in [0.1, 0.15) is 0 Å². The number of amides is 2. The monoisotopic (exact) mass is 446 g/mol. The third-order valence-electron chi connectivity index (χ3n) is 6.24. The van der Waals surface area contributed by atoms with Crippen molar-refractivity contribution in [1.82, 2.24) is 14.7 Å². The zero-order valence-electron chi connectivity index (χ0n) is 17.7. The van der Waals surface area contributed by atoms with Crippen molar-refractivity contribution in [2.24, 2.45) is 0 Å². The molecule has 1 atom stereocenters. The predicted molar refractivity (Wildman–Crippen MR) is 124 cm³/mol. The van der Waals surface area contributed by atoms with E-state index in [-0.39, 0.29) is 11.9 Å². The number of fused-ring (bicyclic) bond motifs is 1. The Bertz CT molecular complexity index is 926. The quantitative estimate of drug-likeness (QED) is 0.685. The highest BCUT2D eigenvalue weighted by molar-refractivity contribution is 6.35. The van der Waals surface area contributed by atoms with Crippen molar-refractivity contribution in [2.45, 2.75) is 12.5 Å². The van der Waals surface area contributed by atoms with Crippen molar-refractivity contribution in [3.8, 4) is 0 Å². The molecule has 0 radical (unpaired) electrons. The summed E-state index contributed by atoms with van der Waals surface area (Å²) in [5.74, 6) is 0.197. The van der Waals surface area contributed by atoms with Crippen LogP contribution >= 0.6 is 23.2 Å². The van der Waals surface area contributed by atoms with Gasteiger partial charge in [0.2, 0.25) is 0 Å². The molecule has 2 aromatic carbocycles. The molecule has 160 valence electrons. The van der Waals surface area contributed by atoms with Gasteiger partial charge in [-0.3, -0.25) is 4.90 Å². The third kappa shape index (κ3) is 4.30. The molecule has 0 bridgehead atoms. The lowest BCUT2D eigenvalue weighted by Crippen LogP contribution is -2.51. The van der Waals surface area contributed by atoms with Gasteiger partial charge in [0.05, 0.1) is 0 Å². The normalized spacial score (nSPS) is 20.2. The first-order valence-corrected chi connectivity index (χ1v) is 11.1. The van der Waals surface area contributed by atoms with Gasteiger partial charge in [-0.05, 0) is 55.1 Å². The van der Waals surface area contributed by atoms with Crippen molar-refractivity contribution in [1.29, 1.82) is 0 Å². The molecule has 2 aliphatic rings. The van der Waals surface area contributed by atoms with E-state index in [1.807, 2.05) is 36.2 Å². The molecule has 2 amide bonds. The number of urea groups is 1. The summed E-state index contributed by atoms with van der Waals surface area (Å²) < 4.78 is 0. The fourth-order valence-corrected chi connectivity index (χ4v) is 4.95. The number of hydrogen-bond donors (Lipinski definition) is 0. The summed E-state index contributed by atoms with van der Waals surface area (Å²) >= 11 is 12.8. The summed E-state index contributed by atoms with van der Waals surface area (Å²) in [5, 5.41) is 1.39. The smallest absolute Gasteiger partial charge is 0.322 e. The molecule has 2 aliphatic heterocycles. The minimum atomic E-state index is 0.0529. The zero-order valence-corrected chi connectivity index (χ0v) is 19.2. The van der Waals surface area contributed by atoms with Gasteiger partial charge in [0, 0.05) is 68.0 Å². The highest BCUT2D eigenvalue weighted by Crippen LogP contribution is 2.38. The number of anilines is 1. The summed E-state index contributed by atoms with van der Waals surface area (Å²) in [4.78, 5) is 21.1. The van der Waals surface area contributed by atoms with Crippen LogP contribution in [0, 0.1) is 0 Å². The molecule has 7 heteroatoms. The molecule has 4 rings (SSSR count). The molecule has 1 fully saturated rings. The number of rotatable bonds is 2. The Kier molecular flexibility index (Phi) is 6.26. The lowest BCUT2D eigenvalue weighted by molar-refractivity contribution is 0.160. The summed E-state index contributed by atoms with van der Waals surface area (Å²) in [7, 11) is 6.04. The molecule has 5 nitrogen and oxygen atoms in total. The minimum Gasteiger partial charge on any atom is -0.322 e. The number of hydrogen-bond acceptors (Lipinski definition) is 3. The summed E-state index contributed by atoms with van der Waals surface area (Å²) in [6.07, 6.45) is 0. The van der Waals surface area contributed by atoms with Gasteiger partial charge < -0.3 is 14.7 Å². The van der Waals surface area contributed by atoms with Crippen LogP contribution in [-0.4, -0.2) is 74.6 Å². The van der Waals surface area contributed by atoms with Gasteiger partial charge in [-0.1, -0.05) is 35.3 Å². The van der Waals surface area contributed by atoms with E-state index < -0.39 is 0 Å². The van der Waals surface area contributed by atoms with Gasteiger partial charge in [0.25, 0.3) is 0 Å². The number of nitrogens with zero attached hydrogens (tertiary/aromatic N) is 4. The van der Waals surface area contributed by atoms with E-state index in [0.717, 1.165) is 55.5 Å². The van der Waals surface area contributed by atoms with E-state index in [0.29, 0.717) is 5.02 Å². The second-order valence-corrected chi connectivity index (χ2v) is 9.27. The highest BCUT2D eigenvalue weighted by Gasteiger charge is 2.28. The first-order chi connectivity index (χ1) is 14.3. The molecule has 30 heavy (non-hydrogen) atoms. The van der Waals surface area contributed by atoms with Crippen molar-refractivity contribution in [3.05, 3.63) is 63.1 Å². The second kappa shape index (κ2) is 8.75. The minimum absolute atomic E-state index is 0.0529. The van der Waals surface area contributed by atoms with Crippen LogP contribution in [0.5, 0.6) is 0 Å². The van der Waals surface area contributed by atoms with E-state index in [9.17, 15) is 4.79 Å². The first kappa shape index (κ1) is 21.4. The molecule has 0 aliphatic carbocycles. The Hall–Kier alpha value is -1.79. The van der Waals surface area contributed by atoms with Gasteiger partial charge in [0.15, 0.2) is 0 Å². The zero-order chi connectivity index (χ0) is 21.4. The molecule has 0 saturated carbocycles. The number of carbonyl (C=O) groups excluding carboxylic acids is 1. The fourth-order valence-electron chi connectivity index (χ4n) is 4.38. The Morgan fingerprint density at radius 1 is 1.00 bits per heavy atom. The number of benzene rings is 2. The molecule has 2 aromatic rings. The van der Waals surface area contributed by atoms with Crippen molar-refractivity contribution >= 4 is 34.9 Å². The molecule has 1 unspecified atom stereocenters. The Balaban J connectivity index is 1.55. The fraction of sp³-hybridized carbons (Fsp3) is 0.435. The molecular weight excluding hydrogens is 419 g/mol. The summed E-state index contributed by atoms with van der Waals surface area (Å²) in [5.41, 5.74) is 4.44. The lowest BCUT2D eigenvalue weighted by atomic mass is 9.84. The predicted octanol–water partition coefficient (Wildman–Crippen LogP) is 4.37. The van der Waals surface area contributed by atoms with E-state index in [4.69, 9.17) is 23.2 Å². The SMILES string of the molecule is CN1CCN(C(=O)N(C)c2ccc(C3CN(C)Cc4c(Cl)cc(Cl)cc43)cc2)CC1. The van der Waals surface area contributed by atoms with Crippen molar-refractivity contribution < 1.29 is 4.79 Å². The topological polar surface area (TPSA) is 30.0 Å². The van der Waals surface area contributed by atoms with Crippen LogP contribution in [0.2, 0.25) is 10.0 Å². The van der Waals surface area contributed by atoms with Crippen LogP contribution in [0.25, 0.3) is 0 Å². The molecule has 0 aromatic heterocycles. The van der Waals surface area contributed by atoms with E-state index in [2.05, 4.69) is 36.0 Å². The molecule has 0 N–H and O–H groups in total. The molecule has 0 spiro atoms. The van der Waals surface area contributed by atoms with Gasteiger partial charge in [-0.2, -0.15) is 0 Å². The largest absolute Gasteiger partial charge is 0.324 e.